The lowest BCUT2D eigenvalue weighted by molar-refractivity contribution is -0.790. The number of ether oxygens (including phenoxy) is 1. The van der Waals surface area contributed by atoms with Crippen molar-refractivity contribution in [1.82, 2.24) is 10.5 Å². The summed E-state index contributed by atoms with van der Waals surface area (Å²) >= 11 is 0. The van der Waals surface area contributed by atoms with E-state index in [1.54, 1.807) is 0 Å². The minimum Gasteiger partial charge on any atom is -0.391 e. The lowest BCUT2D eigenvalue weighted by atomic mass is 10.6. The van der Waals surface area contributed by atoms with Gasteiger partial charge < -0.3 is 19.9 Å². The zero-order chi connectivity index (χ0) is 11.4. The van der Waals surface area contributed by atoms with E-state index in [4.69, 9.17) is 0 Å². The molecule has 0 bridgehead atoms. The van der Waals surface area contributed by atoms with Crippen molar-refractivity contribution in [2.75, 3.05) is 12.4 Å². The van der Waals surface area contributed by atoms with Crippen molar-refractivity contribution in [3.8, 4) is 5.88 Å². The molecule has 1 heterocycles. The highest BCUT2D eigenvalue weighted by Crippen LogP contribution is 2.16. The van der Waals surface area contributed by atoms with Gasteiger partial charge >= 0.3 is 17.8 Å². The molecule has 9 nitrogen and oxygen atoms in total. The van der Waals surface area contributed by atoms with Crippen LogP contribution in [0.5, 0.6) is 5.88 Å². The van der Waals surface area contributed by atoms with Crippen molar-refractivity contribution in [1.29, 1.82) is 0 Å². The Morgan fingerprint density at radius 2 is 2.27 bits per heavy atom. The first kappa shape index (κ1) is 10.8. The summed E-state index contributed by atoms with van der Waals surface area (Å²) in [5.74, 6) is -1.32. The van der Waals surface area contributed by atoms with Gasteiger partial charge in [-0.15, -0.1) is 0 Å². The molecule has 0 aliphatic heterocycles. The maximum absolute atomic E-state index is 10.9. The Balaban J connectivity index is 2.88. The Morgan fingerprint density at radius 3 is 2.80 bits per heavy atom. The molecule has 1 aromatic rings. The molecule has 0 aliphatic rings. The molecule has 0 fully saturated rings. The number of aromatic nitrogens is 2. The van der Waals surface area contributed by atoms with Crippen molar-refractivity contribution in [2.45, 2.75) is 6.92 Å². The first-order valence-corrected chi connectivity index (χ1v) is 3.81. The van der Waals surface area contributed by atoms with Gasteiger partial charge in [-0.3, -0.25) is 4.79 Å². The second kappa shape index (κ2) is 4.26. The molecule has 0 radical (unpaired) electrons. The Hall–Kier alpha value is -2.32. The van der Waals surface area contributed by atoms with E-state index in [-0.39, 0.29) is 10.7 Å². The quantitative estimate of drug-likeness (QED) is 0.610. The average Bonchev–Trinajstić information content (AvgIpc) is 2.49. The van der Waals surface area contributed by atoms with E-state index in [2.05, 4.69) is 25.2 Å². The SMILES string of the molecule is CNC(=O)Oc1no[n+]([O-])c1NC(C)=O. The molecule has 0 unspecified atom stereocenters. The Kier molecular flexibility index (Phi) is 3.06. The molecule has 0 aromatic carbocycles. The van der Waals surface area contributed by atoms with Crippen LogP contribution in [0.25, 0.3) is 0 Å². The zero-order valence-corrected chi connectivity index (χ0v) is 7.94. The summed E-state index contributed by atoms with van der Waals surface area (Å²) in [5.41, 5.74) is 0. The third kappa shape index (κ3) is 2.56. The van der Waals surface area contributed by atoms with Crippen LogP contribution in [-0.2, 0) is 4.79 Å². The number of nitrogens with zero attached hydrogens (tertiary/aromatic N) is 2. The van der Waals surface area contributed by atoms with E-state index in [1.165, 1.54) is 14.0 Å². The predicted octanol–water partition coefficient (Wildman–Crippen LogP) is -1.02. The largest absolute Gasteiger partial charge is 0.414 e. The van der Waals surface area contributed by atoms with Gasteiger partial charge in [-0.25, -0.2) is 10.1 Å². The van der Waals surface area contributed by atoms with Gasteiger partial charge in [-0.05, 0) is 0 Å². The van der Waals surface area contributed by atoms with E-state index >= 15 is 0 Å². The highest BCUT2D eigenvalue weighted by atomic mass is 16.8. The van der Waals surface area contributed by atoms with Gasteiger partial charge in [-0.2, -0.15) is 0 Å². The van der Waals surface area contributed by atoms with E-state index in [0.717, 1.165) is 0 Å². The van der Waals surface area contributed by atoms with Crippen LogP contribution in [0.1, 0.15) is 6.92 Å². The fraction of sp³-hybridized carbons (Fsp3) is 0.333. The smallest absolute Gasteiger partial charge is 0.391 e. The van der Waals surface area contributed by atoms with Gasteiger partial charge in [-0.1, -0.05) is 4.90 Å². The summed E-state index contributed by atoms with van der Waals surface area (Å²) in [6.45, 7) is 1.18. The lowest BCUT2D eigenvalue weighted by Crippen LogP contribution is -2.30. The standard InChI is InChI=1S/C6H8N4O5/c1-3(11)8-4-5(9-15-10(4)13)14-6(12)7-2/h1-2H3,(H,7,12)(H,8,11). The number of carbonyl (C=O) groups is 2. The molecule has 2 N–H and O–H groups in total. The fourth-order valence-electron chi connectivity index (χ4n) is 0.708. The number of rotatable bonds is 2. The third-order valence-corrected chi connectivity index (χ3v) is 1.27. The van der Waals surface area contributed by atoms with Crippen LogP contribution in [0.2, 0.25) is 0 Å². The van der Waals surface area contributed by atoms with Crippen molar-refractivity contribution in [3.63, 3.8) is 0 Å². The maximum Gasteiger partial charge on any atom is 0.414 e. The minimum atomic E-state index is -0.837. The molecule has 0 saturated carbocycles. The van der Waals surface area contributed by atoms with Gasteiger partial charge in [0.15, 0.2) is 0 Å². The number of amides is 2. The van der Waals surface area contributed by atoms with E-state index in [1.807, 2.05) is 0 Å². The number of hydrogen-bond donors (Lipinski definition) is 2. The lowest BCUT2D eigenvalue weighted by Gasteiger charge is -1.98. The molecule has 0 saturated heterocycles. The van der Waals surface area contributed by atoms with E-state index in [0.29, 0.717) is 0 Å². The number of carbonyl (C=O) groups excluding carboxylic acids is 2. The van der Waals surface area contributed by atoms with Crippen LogP contribution in [0.3, 0.4) is 0 Å². The van der Waals surface area contributed by atoms with Crippen molar-refractivity contribution >= 4 is 17.8 Å². The maximum atomic E-state index is 10.9. The average molecular weight is 216 g/mol. The summed E-state index contributed by atoms with van der Waals surface area (Å²) in [4.78, 5) is 21.4. The number of anilines is 1. The van der Waals surface area contributed by atoms with Gasteiger partial charge in [0, 0.05) is 19.1 Å². The van der Waals surface area contributed by atoms with Crippen LogP contribution in [-0.4, -0.2) is 24.2 Å². The molecule has 1 rings (SSSR count). The van der Waals surface area contributed by atoms with Gasteiger partial charge in [0.2, 0.25) is 0 Å². The Morgan fingerprint density at radius 1 is 1.60 bits per heavy atom. The Labute approximate surface area is 83.5 Å². The summed E-state index contributed by atoms with van der Waals surface area (Å²) < 4.78 is 8.66. The molecular formula is C6H8N4O5. The second-order valence-electron chi connectivity index (χ2n) is 2.40. The summed E-state index contributed by atoms with van der Waals surface area (Å²) in [6, 6.07) is 0. The number of hydrogen-bond acceptors (Lipinski definition) is 6. The molecule has 0 spiro atoms. The zero-order valence-electron chi connectivity index (χ0n) is 7.94. The predicted molar refractivity (Wildman–Crippen MR) is 44.9 cm³/mol. The molecule has 9 heteroatoms. The van der Waals surface area contributed by atoms with Crippen LogP contribution in [0, 0.1) is 5.21 Å². The first-order valence-electron chi connectivity index (χ1n) is 3.81. The summed E-state index contributed by atoms with van der Waals surface area (Å²) in [6.07, 6.45) is -0.837. The third-order valence-electron chi connectivity index (χ3n) is 1.27. The van der Waals surface area contributed by atoms with Crippen LogP contribution in [0.15, 0.2) is 4.63 Å². The van der Waals surface area contributed by atoms with Crippen LogP contribution < -0.4 is 20.3 Å². The topological polar surface area (TPSA) is 120 Å². The van der Waals surface area contributed by atoms with Gasteiger partial charge in [0.1, 0.15) is 0 Å². The van der Waals surface area contributed by atoms with E-state index < -0.39 is 17.9 Å². The molecule has 1 aromatic heterocycles. The van der Waals surface area contributed by atoms with Crippen molar-refractivity contribution in [2.24, 2.45) is 0 Å². The molecule has 0 atom stereocenters. The molecule has 0 aliphatic carbocycles. The van der Waals surface area contributed by atoms with Crippen LogP contribution >= 0.6 is 0 Å². The van der Waals surface area contributed by atoms with Crippen LogP contribution in [0.4, 0.5) is 10.6 Å². The molecule has 82 valence electrons. The first-order chi connectivity index (χ1) is 7.04. The summed E-state index contributed by atoms with van der Waals surface area (Å²) in [5, 5.41) is 18.3. The normalized spacial score (nSPS) is 9.47. The molecular weight excluding hydrogens is 208 g/mol. The monoisotopic (exact) mass is 216 g/mol. The highest BCUT2D eigenvalue weighted by Gasteiger charge is 2.23. The van der Waals surface area contributed by atoms with Crippen molar-refractivity contribution < 1.29 is 23.9 Å². The Bertz CT molecular complexity index is 387. The van der Waals surface area contributed by atoms with E-state index in [9.17, 15) is 14.8 Å². The molecule has 2 amide bonds. The van der Waals surface area contributed by atoms with Gasteiger partial charge in [0.25, 0.3) is 5.91 Å². The van der Waals surface area contributed by atoms with Crippen molar-refractivity contribution in [3.05, 3.63) is 5.21 Å². The molecule has 15 heavy (non-hydrogen) atoms. The fourth-order valence-corrected chi connectivity index (χ4v) is 0.708. The second-order valence-corrected chi connectivity index (χ2v) is 2.40. The number of nitrogens with one attached hydrogen (secondary N) is 2. The minimum absolute atomic E-state index is 0.0837. The van der Waals surface area contributed by atoms with Gasteiger partial charge in [0.05, 0.1) is 0 Å². The highest BCUT2D eigenvalue weighted by molar-refractivity contribution is 5.88. The summed E-state index contributed by atoms with van der Waals surface area (Å²) in [7, 11) is 1.33.